The molecule has 0 aromatic heterocycles. The summed E-state index contributed by atoms with van der Waals surface area (Å²) < 4.78 is 5.56. The molecular formula is C18H20ClNO2S. The Kier molecular flexibility index (Phi) is 6.81. The second-order valence-corrected chi connectivity index (χ2v) is 6.85. The van der Waals surface area contributed by atoms with E-state index >= 15 is 0 Å². The molecule has 2 aromatic carbocycles. The van der Waals surface area contributed by atoms with Crippen molar-refractivity contribution in [3.63, 3.8) is 0 Å². The van der Waals surface area contributed by atoms with Gasteiger partial charge in [-0.2, -0.15) is 0 Å². The average Bonchev–Trinajstić information content (AvgIpc) is 2.53. The van der Waals surface area contributed by atoms with Gasteiger partial charge < -0.3 is 10.1 Å². The van der Waals surface area contributed by atoms with Crippen molar-refractivity contribution < 1.29 is 9.53 Å². The number of hydrogen-bond acceptors (Lipinski definition) is 3. The molecule has 0 radical (unpaired) electrons. The number of ether oxygens (including phenoxy) is 1. The van der Waals surface area contributed by atoms with E-state index in [0.717, 1.165) is 21.4 Å². The first-order valence-electron chi connectivity index (χ1n) is 7.48. The maximum atomic E-state index is 12.1. The molecule has 0 heterocycles. The third-order valence-electron chi connectivity index (χ3n) is 2.96. The predicted molar refractivity (Wildman–Crippen MR) is 96.7 cm³/mol. The summed E-state index contributed by atoms with van der Waals surface area (Å²) in [5, 5.41) is 3.64. The Morgan fingerprint density at radius 3 is 2.39 bits per heavy atom. The van der Waals surface area contributed by atoms with E-state index in [1.807, 2.05) is 50.2 Å². The molecule has 122 valence electrons. The summed E-state index contributed by atoms with van der Waals surface area (Å²) in [6.07, 6.45) is 0.125. The minimum Gasteiger partial charge on any atom is -0.491 e. The van der Waals surface area contributed by atoms with Crippen LogP contribution in [0, 0.1) is 0 Å². The molecular weight excluding hydrogens is 330 g/mol. The molecule has 1 N–H and O–H groups in total. The lowest BCUT2D eigenvalue weighted by Gasteiger charge is -2.10. The number of amides is 1. The van der Waals surface area contributed by atoms with Gasteiger partial charge in [0.05, 0.1) is 6.10 Å². The van der Waals surface area contributed by atoms with Crippen LogP contribution in [0.4, 0.5) is 0 Å². The first-order valence-corrected chi connectivity index (χ1v) is 8.84. The SMILES string of the molecule is CC(C)Oc1ccc(C(=O)NCCSc2ccc(Cl)cc2)cc1. The first kappa shape index (κ1) is 17.7. The van der Waals surface area contributed by atoms with Crippen LogP contribution < -0.4 is 10.1 Å². The van der Waals surface area contributed by atoms with Crippen molar-refractivity contribution in [1.29, 1.82) is 0 Å². The number of halogens is 1. The summed E-state index contributed by atoms with van der Waals surface area (Å²) in [6.45, 7) is 4.55. The van der Waals surface area contributed by atoms with Gasteiger partial charge in [0.2, 0.25) is 0 Å². The minimum absolute atomic E-state index is 0.0715. The molecule has 2 rings (SSSR count). The van der Waals surface area contributed by atoms with E-state index in [9.17, 15) is 4.79 Å². The van der Waals surface area contributed by atoms with Crippen LogP contribution in [0.3, 0.4) is 0 Å². The number of thioether (sulfide) groups is 1. The van der Waals surface area contributed by atoms with E-state index in [1.54, 1.807) is 23.9 Å². The van der Waals surface area contributed by atoms with Crippen LogP contribution in [-0.2, 0) is 0 Å². The molecule has 0 aliphatic rings. The quantitative estimate of drug-likeness (QED) is 0.584. The highest BCUT2D eigenvalue weighted by atomic mass is 35.5. The van der Waals surface area contributed by atoms with Crippen LogP contribution in [0.1, 0.15) is 24.2 Å². The highest BCUT2D eigenvalue weighted by molar-refractivity contribution is 7.99. The lowest BCUT2D eigenvalue weighted by atomic mass is 10.2. The van der Waals surface area contributed by atoms with Crippen LogP contribution in [0.2, 0.25) is 5.02 Å². The summed E-state index contributed by atoms with van der Waals surface area (Å²) >= 11 is 7.53. The van der Waals surface area contributed by atoms with E-state index < -0.39 is 0 Å². The van der Waals surface area contributed by atoms with Crippen LogP contribution in [-0.4, -0.2) is 24.3 Å². The normalized spacial score (nSPS) is 10.6. The predicted octanol–water partition coefficient (Wildman–Crippen LogP) is 4.65. The lowest BCUT2D eigenvalue weighted by molar-refractivity contribution is 0.0956. The summed E-state index contributed by atoms with van der Waals surface area (Å²) in [6, 6.07) is 14.9. The summed E-state index contributed by atoms with van der Waals surface area (Å²) in [5.41, 5.74) is 0.637. The third kappa shape index (κ3) is 6.16. The molecule has 23 heavy (non-hydrogen) atoms. The average molecular weight is 350 g/mol. The lowest BCUT2D eigenvalue weighted by Crippen LogP contribution is -2.25. The molecule has 3 nitrogen and oxygen atoms in total. The molecule has 0 fully saturated rings. The Morgan fingerprint density at radius 1 is 1.13 bits per heavy atom. The van der Waals surface area contributed by atoms with Gasteiger partial charge in [-0.05, 0) is 62.4 Å². The Hall–Kier alpha value is -1.65. The van der Waals surface area contributed by atoms with E-state index in [2.05, 4.69) is 5.32 Å². The van der Waals surface area contributed by atoms with Gasteiger partial charge in [0.1, 0.15) is 5.75 Å². The van der Waals surface area contributed by atoms with Gasteiger partial charge in [-0.25, -0.2) is 0 Å². The zero-order valence-electron chi connectivity index (χ0n) is 13.2. The van der Waals surface area contributed by atoms with Gasteiger partial charge in [0.15, 0.2) is 0 Å². The molecule has 0 spiro atoms. The molecule has 0 aliphatic heterocycles. The Morgan fingerprint density at radius 2 is 1.78 bits per heavy atom. The molecule has 0 atom stereocenters. The van der Waals surface area contributed by atoms with Gasteiger partial charge in [-0.3, -0.25) is 4.79 Å². The zero-order valence-corrected chi connectivity index (χ0v) is 14.8. The second-order valence-electron chi connectivity index (χ2n) is 5.25. The number of hydrogen-bond donors (Lipinski definition) is 1. The van der Waals surface area contributed by atoms with Crippen LogP contribution >= 0.6 is 23.4 Å². The fourth-order valence-electron chi connectivity index (χ4n) is 1.92. The number of rotatable bonds is 7. The van der Waals surface area contributed by atoms with E-state index in [1.165, 1.54) is 0 Å². The summed E-state index contributed by atoms with van der Waals surface area (Å²) in [7, 11) is 0. The highest BCUT2D eigenvalue weighted by Gasteiger charge is 2.05. The van der Waals surface area contributed by atoms with Gasteiger partial charge in [-0.1, -0.05) is 11.6 Å². The maximum absolute atomic E-state index is 12.1. The van der Waals surface area contributed by atoms with Crippen molar-refractivity contribution in [2.24, 2.45) is 0 Å². The summed E-state index contributed by atoms with van der Waals surface area (Å²) in [4.78, 5) is 13.2. The van der Waals surface area contributed by atoms with Crippen molar-refractivity contribution in [3.05, 3.63) is 59.1 Å². The molecule has 0 saturated heterocycles. The fourth-order valence-corrected chi connectivity index (χ4v) is 2.82. The smallest absolute Gasteiger partial charge is 0.251 e. The maximum Gasteiger partial charge on any atom is 0.251 e. The Balaban J connectivity index is 1.75. The second kappa shape index (κ2) is 8.85. The molecule has 0 bridgehead atoms. The summed E-state index contributed by atoms with van der Waals surface area (Å²) in [5.74, 6) is 1.51. The number of nitrogens with one attached hydrogen (secondary N) is 1. The topological polar surface area (TPSA) is 38.3 Å². The zero-order chi connectivity index (χ0) is 16.7. The van der Waals surface area contributed by atoms with Crippen molar-refractivity contribution in [2.75, 3.05) is 12.3 Å². The first-order chi connectivity index (χ1) is 11.0. The van der Waals surface area contributed by atoms with Crippen LogP contribution in [0.5, 0.6) is 5.75 Å². The van der Waals surface area contributed by atoms with Gasteiger partial charge in [0, 0.05) is 27.8 Å². The van der Waals surface area contributed by atoms with Crippen LogP contribution in [0.25, 0.3) is 0 Å². The van der Waals surface area contributed by atoms with Gasteiger partial charge in [0.25, 0.3) is 5.91 Å². The standard InChI is InChI=1S/C18H20ClNO2S/c1-13(2)22-16-7-3-14(4-8-16)18(21)20-11-12-23-17-9-5-15(19)6-10-17/h3-10,13H,11-12H2,1-2H3,(H,20,21). The van der Waals surface area contributed by atoms with Crippen molar-refractivity contribution in [3.8, 4) is 5.75 Å². The van der Waals surface area contributed by atoms with Crippen molar-refractivity contribution in [2.45, 2.75) is 24.8 Å². The van der Waals surface area contributed by atoms with Crippen molar-refractivity contribution >= 4 is 29.3 Å². The van der Waals surface area contributed by atoms with Gasteiger partial charge >= 0.3 is 0 Å². The fraction of sp³-hybridized carbons (Fsp3) is 0.278. The minimum atomic E-state index is -0.0715. The Bertz CT molecular complexity index is 626. The van der Waals surface area contributed by atoms with Gasteiger partial charge in [-0.15, -0.1) is 11.8 Å². The van der Waals surface area contributed by atoms with E-state index in [0.29, 0.717) is 12.1 Å². The number of carbonyl (C=O) groups is 1. The largest absolute Gasteiger partial charge is 0.491 e. The number of carbonyl (C=O) groups excluding carboxylic acids is 1. The van der Waals surface area contributed by atoms with E-state index in [-0.39, 0.29) is 12.0 Å². The molecule has 0 saturated carbocycles. The molecule has 0 aliphatic carbocycles. The molecule has 0 unspecified atom stereocenters. The van der Waals surface area contributed by atoms with Crippen molar-refractivity contribution in [1.82, 2.24) is 5.32 Å². The molecule has 5 heteroatoms. The molecule has 1 amide bonds. The van der Waals surface area contributed by atoms with E-state index in [4.69, 9.17) is 16.3 Å². The number of benzene rings is 2. The Labute approximate surface area is 146 Å². The monoisotopic (exact) mass is 349 g/mol. The molecule has 2 aromatic rings. The third-order valence-corrected chi connectivity index (χ3v) is 4.22. The highest BCUT2D eigenvalue weighted by Crippen LogP contribution is 2.19. The van der Waals surface area contributed by atoms with Crippen LogP contribution in [0.15, 0.2) is 53.4 Å².